The van der Waals surface area contributed by atoms with Crippen LogP contribution >= 0.6 is 0 Å². The molecule has 3 aromatic rings. The molecule has 0 radical (unpaired) electrons. The highest BCUT2D eigenvalue weighted by atomic mass is 19.1. The normalized spacial score (nSPS) is 13.9. The zero-order valence-corrected chi connectivity index (χ0v) is 16.8. The third kappa shape index (κ3) is 3.74. The first-order chi connectivity index (χ1) is 14.4. The summed E-state index contributed by atoms with van der Waals surface area (Å²) in [5.74, 6) is -1.13. The minimum Gasteiger partial charge on any atom is -0.350 e. The predicted octanol–water partition coefficient (Wildman–Crippen LogP) is 4.83. The van der Waals surface area contributed by atoms with Crippen molar-refractivity contribution in [3.8, 4) is 0 Å². The van der Waals surface area contributed by atoms with Crippen LogP contribution in [0.15, 0.2) is 78.5 Å². The maximum absolute atomic E-state index is 13.4. The number of nitrogens with one attached hydrogen (secondary N) is 1. The van der Waals surface area contributed by atoms with Gasteiger partial charge in [-0.25, -0.2) is 4.39 Å². The molecule has 0 aromatic heterocycles. The number of benzene rings is 3. The molecule has 3 aromatic carbocycles. The Balaban J connectivity index is 1.76. The van der Waals surface area contributed by atoms with Gasteiger partial charge in [-0.15, -0.1) is 0 Å². The Hall–Kier alpha value is -3.73. The molecule has 0 atom stereocenters. The second kappa shape index (κ2) is 7.95. The van der Waals surface area contributed by atoms with Crippen LogP contribution in [-0.4, -0.2) is 16.7 Å². The van der Waals surface area contributed by atoms with Crippen molar-refractivity contribution in [1.82, 2.24) is 4.90 Å². The number of carbonyl (C=O) groups is 2. The highest BCUT2D eigenvalue weighted by Crippen LogP contribution is 2.33. The number of imide groups is 1. The number of aryl methyl sites for hydroxylation is 2. The third-order valence-corrected chi connectivity index (χ3v) is 5.12. The second-order valence-electron chi connectivity index (χ2n) is 7.38. The topological polar surface area (TPSA) is 49.4 Å². The Morgan fingerprint density at radius 1 is 0.867 bits per heavy atom. The van der Waals surface area contributed by atoms with Gasteiger partial charge in [0.2, 0.25) is 0 Å². The number of halogens is 1. The molecule has 1 N–H and O–H groups in total. The van der Waals surface area contributed by atoms with Crippen molar-refractivity contribution in [1.29, 1.82) is 0 Å². The molecular weight excluding hydrogens is 379 g/mol. The van der Waals surface area contributed by atoms with Crippen molar-refractivity contribution in [3.05, 3.63) is 107 Å². The summed E-state index contributed by atoms with van der Waals surface area (Å²) in [6.07, 6.45) is 0. The summed E-state index contributed by atoms with van der Waals surface area (Å²) >= 11 is 0. The van der Waals surface area contributed by atoms with Crippen LogP contribution in [0.2, 0.25) is 0 Å². The van der Waals surface area contributed by atoms with Gasteiger partial charge in [-0.2, -0.15) is 0 Å². The Bertz CT molecular complexity index is 1150. The molecule has 1 aliphatic rings. The van der Waals surface area contributed by atoms with Crippen LogP contribution in [0.4, 0.5) is 10.1 Å². The van der Waals surface area contributed by atoms with E-state index in [-0.39, 0.29) is 24.0 Å². The standard InChI is InChI=1S/C25H21FN2O2/c1-16-8-13-21(17(2)14-16)22-23(27-20-6-4-3-5-7-20)25(30)28(24(22)29)15-18-9-11-19(26)12-10-18/h3-14,27H,15H2,1-2H3. The van der Waals surface area contributed by atoms with Crippen LogP contribution in [0.25, 0.3) is 5.57 Å². The van der Waals surface area contributed by atoms with Crippen LogP contribution in [0.5, 0.6) is 0 Å². The number of hydrogen-bond acceptors (Lipinski definition) is 3. The molecule has 0 unspecified atom stereocenters. The first kappa shape index (κ1) is 19.6. The molecule has 0 spiro atoms. The minimum atomic E-state index is -0.400. The van der Waals surface area contributed by atoms with Crippen LogP contribution in [-0.2, 0) is 16.1 Å². The van der Waals surface area contributed by atoms with Gasteiger partial charge >= 0.3 is 0 Å². The molecule has 0 aliphatic carbocycles. The van der Waals surface area contributed by atoms with Crippen molar-refractivity contribution in [3.63, 3.8) is 0 Å². The zero-order valence-electron chi connectivity index (χ0n) is 16.8. The molecule has 2 amide bonds. The van der Waals surface area contributed by atoms with E-state index in [0.717, 1.165) is 22.4 Å². The fourth-order valence-corrected chi connectivity index (χ4v) is 3.62. The SMILES string of the molecule is Cc1ccc(C2=C(Nc3ccccc3)C(=O)N(Cc3ccc(F)cc3)C2=O)c(C)c1. The monoisotopic (exact) mass is 400 g/mol. The number of nitrogens with zero attached hydrogens (tertiary/aromatic N) is 1. The van der Waals surface area contributed by atoms with Crippen LogP contribution in [0, 0.1) is 19.7 Å². The Labute approximate surface area is 174 Å². The van der Waals surface area contributed by atoms with Crippen molar-refractivity contribution >= 4 is 23.1 Å². The average molecular weight is 400 g/mol. The minimum absolute atomic E-state index is 0.0757. The molecule has 0 fully saturated rings. The van der Waals surface area contributed by atoms with E-state index in [2.05, 4.69) is 5.32 Å². The lowest BCUT2D eigenvalue weighted by Gasteiger charge is -2.15. The number of anilines is 1. The number of carbonyl (C=O) groups excluding carboxylic acids is 2. The molecule has 1 heterocycles. The summed E-state index contributed by atoms with van der Waals surface area (Å²) in [4.78, 5) is 27.8. The first-order valence-corrected chi connectivity index (χ1v) is 9.68. The van der Waals surface area contributed by atoms with Gasteiger partial charge in [-0.1, -0.05) is 54.1 Å². The molecule has 5 heteroatoms. The molecule has 4 nitrogen and oxygen atoms in total. The molecule has 30 heavy (non-hydrogen) atoms. The molecule has 150 valence electrons. The molecule has 0 saturated carbocycles. The van der Waals surface area contributed by atoms with E-state index in [1.54, 1.807) is 12.1 Å². The summed E-state index contributed by atoms with van der Waals surface area (Å²) in [5.41, 5.74) is 4.72. The summed E-state index contributed by atoms with van der Waals surface area (Å²) in [7, 11) is 0. The number of amides is 2. The van der Waals surface area contributed by atoms with E-state index in [4.69, 9.17) is 0 Å². The lowest BCUT2D eigenvalue weighted by atomic mass is 9.97. The molecular formula is C25H21FN2O2. The lowest BCUT2D eigenvalue weighted by molar-refractivity contribution is -0.137. The van der Waals surface area contributed by atoms with Gasteiger partial charge in [0.15, 0.2) is 0 Å². The van der Waals surface area contributed by atoms with E-state index in [1.807, 2.05) is 62.4 Å². The predicted molar refractivity (Wildman–Crippen MR) is 115 cm³/mol. The summed E-state index contributed by atoms with van der Waals surface area (Å²) in [6.45, 7) is 3.99. The van der Waals surface area contributed by atoms with Gasteiger partial charge in [-0.05, 0) is 54.8 Å². The molecule has 1 aliphatic heterocycles. The van der Waals surface area contributed by atoms with Gasteiger partial charge in [0, 0.05) is 5.69 Å². The Kier molecular flexibility index (Phi) is 5.19. The highest BCUT2D eigenvalue weighted by molar-refractivity contribution is 6.36. The van der Waals surface area contributed by atoms with Gasteiger partial charge in [0.1, 0.15) is 11.5 Å². The lowest BCUT2D eigenvalue weighted by Crippen LogP contribution is -2.32. The number of hydrogen-bond donors (Lipinski definition) is 1. The Morgan fingerprint density at radius 2 is 1.57 bits per heavy atom. The summed E-state index contributed by atoms with van der Waals surface area (Å²) < 4.78 is 13.3. The van der Waals surface area contributed by atoms with E-state index >= 15 is 0 Å². The van der Waals surface area contributed by atoms with Crippen molar-refractivity contribution in [2.75, 3.05) is 5.32 Å². The van der Waals surface area contributed by atoms with Gasteiger partial charge in [0.25, 0.3) is 11.8 Å². The number of rotatable bonds is 5. The fourth-order valence-electron chi connectivity index (χ4n) is 3.62. The van der Waals surface area contributed by atoms with E-state index in [1.165, 1.54) is 17.0 Å². The third-order valence-electron chi connectivity index (χ3n) is 5.12. The molecule has 0 saturated heterocycles. The second-order valence-corrected chi connectivity index (χ2v) is 7.38. The molecule has 0 bridgehead atoms. The molecule has 4 rings (SSSR count). The first-order valence-electron chi connectivity index (χ1n) is 9.68. The van der Waals surface area contributed by atoms with E-state index in [0.29, 0.717) is 11.1 Å². The van der Waals surface area contributed by atoms with Crippen molar-refractivity contribution < 1.29 is 14.0 Å². The summed E-state index contributed by atoms with van der Waals surface area (Å²) in [6, 6.07) is 20.9. The maximum Gasteiger partial charge on any atom is 0.278 e. The fraction of sp³-hybridized carbons (Fsp3) is 0.120. The highest BCUT2D eigenvalue weighted by Gasteiger charge is 2.39. The van der Waals surface area contributed by atoms with Crippen LogP contribution in [0.1, 0.15) is 22.3 Å². The van der Waals surface area contributed by atoms with E-state index < -0.39 is 5.91 Å². The number of para-hydroxylation sites is 1. The van der Waals surface area contributed by atoms with Crippen molar-refractivity contribution in [2.24, 2.45) is 0 Å². The summed E-state index contributed by atoms with van der Waals surface area (Å²) in [5, 5.41) is 3.14. The Morgan fingerprint density at radius 3 is 2.23 bits per heavy atom. The van der Waals surface area contributed by atoms with Gasteiger partial charge in [-0.3, -0.25) is 14.5 Å². The zero-order chi connectivity index (χ0) is 21.3. The van der Waals surface area contributed by atoms with Crippen LogP contribution in [0.3, 0.4) is 0 Å². The van der Waals surface area contributed by atoms with E-state index in [9.17, 15) is 14.0 Å². The van der Waals surface area contributed by atoms with Gasteiger partial charge in [0.05, 0.1) is 12.1 Å². The van der Waals surface area contributed by atoms with Crippen LogP contribution < -0.4 is 5.32 Å². The average Bonchev–Trinajstić information content (AvgIpc) is 2.95. The smallest absolute Gasteiger partial charge is 0.278 e. The van der Waals surface area contributed by atoms with Gasteiger partial charge < -0.3 is 5.32 Å². The quantitative estimate of drug-likeness (QED) is 0.624. The van der Waals surface area contributed by atoms with Crippen molar-refractivity contribution in [2.45, 2.75) is 20.4 Å². The maximum atomic E-state index is 13.4. The largest absolute Gasteiger partial charge is 0.350 e.